The molecule has 2 aromatic rings. The number of urea groups is 1. The zero-order valence-electron chi connectivity index (χ0n) is 39.9. The molecule has 2 aliphatic rings. The summed E-state index contributed by atoms with van der Waals surface area (Å²) in [6.07, 6.45) is 9.45. The second-order valence-corrected chi connectivity index (χ2v) is 17.4. The van der Waals surface area contributed by atoms with Crippen molar-refractivity contribution in [2.45, 2.75) is 105 Å². The van der Waals surface area contributed by atoms with Gasteiger partial charge in [0.1, 0.15) is 17.8 Å². The Balaban J connectivity index is 0.00000200. The van der Waals surface area contributed by atoms with Crippen LogP contribution in [0.2, 0.25) is 0 Å². The molecule has 1 aliphatic carbocycles. The van der Waals surface area contributed by atoms with Gasteiger partial charge in [0.15, 0.2) is 0 Å². The van der Waals surface area contributed by atoms with E-state index >= 15 is 0 Å². The summed E-state index contributed by atoms with van der Waals surface area (Å²) in [7, 11) is 3.08. The van der Waals surface area contributed by atoms with Gasteiger partial charge in [-0.3, -0.25) is 43.3 Å². The van der Waals surface area contributed by atoms with E-state index in [2.05, 4.69) is 81.8 Å². The number of amides is 9. The summed E-state index contributed by atoms with van der Waals surface area (Å²) in [5.41, 5.74) is 0.520. The molecular formula is C46H71N11O9. The quantitative estimate of drug-likeness (QED) is 0.113. The number of anilines is 1. The van der Waals surface area contributed by atoms with Gasteiger partial charge < -0.3 is 47.0 Å². The molecule has 2 fully saturated rings. The number of ketones is 1. The summed E-state index contributed by atoms with van der Waals surface area (Å²) in [5.74, 6) is -6.55. The molecule has 66 heavy (non-hydrogen) atoms. The minimum absolute atomic E-state index is 0.0321. The van der Waals surface area contributed by atoms with Crippen LogP contribution in [-0.2, 0) is 33.6 Å². The van der Waals surface area contributed by atoms with E-state index in [4.69, 9.17) is 0 Å². The van der Waals surface area contributed by atoms with Crippen molar-refractivity contribution < 1.29 is 43.2 Å². The Labute approximate surface area is 388 Å². The molecule has 1 saturated heterocycles. The number of nitrogens with zero attached hydrogens (tertiary/aromatic N) is 4. The summed E-state index contributed by atoms with van der Waals surface area (Å²) in [6, 6.07) is 5.22. The van der Waals surface area contributed by atoms with Crippen LogP contribution in [-0.4, -0.2) is 138 Å². The standard InChI is InChI=1S/C39H53N11O9.C4H10.C3H8/c1-23(2)32(38(58)49(3)4)47-31(53)20-43-36(56)29(51)18-42-34(54)26-21-50(39(59)45-25-13-9-6-10-14-25)22-28(26)46-30(52)19-44-37(57)33(24-11-7-5-8-12-24)48-35(55)27-17-40-15-16-41-27;1-4(2)3;1-3-2/h6,9-10,13-17,23-24,26,28,32-33H,5,7-8,11-12,18-22H2,1-4H3,(H,42,54)(H,43,56)(H,44,57)(H,45,59)(H,46,52)(H,47,53)(H,48,55);4H,1-3H3;3H2,1-2H3/t26-,28+,32?,33?;;/m1../s1. The highest BCUT2D eigenvalue weighted by molar-refractivity contribution is 6.37. The molecule has 2 unspecified atom stereocenters. The average molecular weight is 922 g/mol. The smallest absolute Gasteiger partial charge is 0.321 e. The molecule has 4 rings (SSSR count). The van der Waals surface area contributed by atoms with E-state index in [0.717, 1.165) is 25.2 Å². The van der Waals surface area contributed by atoms with Crippen LogP contribution in [0.4, 0.5) is 10.5 Å². The largest absolute Gasteiger partial charge is 0.349 e. The summed E-state index contributed by atoms with van der Waals surface area (Å²) in [5, 5.41) is 17.9. The van der Waals surface area contributed by atoms with E-state index in [1.165, 1.54) is 34.8 Å². The highest BCUT2D eigenvalue weighted by Gasteiger charge is 2.41. The fraction of sp³-hybridized carbons (Fsp3) is 0.587. The number of aromatic nitrogens is 2. The first kappa shape index (κ1) is 55.7. The molecule has 1 aromatic carbocycles. The fourth-order valence-electron chi connectivity index (χ4n) is 6.79. The lowest BCUT2D eigenvalue weighted by atomic mass is 9.83. The third-order valence-corrected chi connectivity index (χ3v) is 10.0. The van der Waals surface area contributed by atoms with Crippen LogP contribution in [0.3, 0.4) is 0 Å². The number of benzene rings is 1. The number of likely N-dealkylation sites (N-methyl/N-ethyl adjacent to an activating group) is 1. The van der Waals surface area contributed by atoms with Crippen LogP contribution in [0.25, 0.3) is 0 Å². The normalized spacial score (nSPS) is 16.4. The molecule has 1 aromatic heterocycles. The Hall–Kier alpha value is -6.47. The van der Waals surface area contributed by atoms with Crippen molar-refractivity contribution in [2.24, 2.45) is 23.7 Å². The number of carbonyl (C=O) groups is 9. The van der Waals surface area contributed by atoms with Gasteiger partial charge in [0.25, 0.3) is 11.8 Å². The summed E-state index contributed by atoms with van der Waals surface area (Å²) < 4.78 is 0. The second kappa shape index (κ2) is 29.1. The molecule has 1 saturated carbocycles. The monoisotopic (exact) mass is 922 g/mol. The summed E-state index contributed by atoms with van der Waals surface area (Å²) in [4.78, 5) is 127. The molecule has 20 heteroatoms. The van der Waals surface area contributed by atoms with Gasteiger partial charge in [-0.15, -0.1) is 0 Å². The van der Waals surface area contributed by atoms with Crippen molar-refractivity contribution in [1.82, 2.24) is 51.7 Å². The molecule has 20 nitrogen and oxygen atoms in total. The van der Waals surface area contributed by atoms with Crippen molar-refractivity contribution in [3.05, 3.63) is 54.6 Å². The van der Waals surface area contributed by atoms with Gasteiger partial charge in [0.05, 0.1) is 37.8 Å². The molecule has 0 radical (unpaired) electrons. The van der Waals surface area contributed by atoms with Gasteiger partial charge >= 0.3 is 6.03 Å². The van der Waals surface area contributed by atoms with Crippen LogP contribution in [0, 0.1) is 23.7 Å². The molecular weight excluding hydrogens is 851 g/mol. The Bertz CT molecular complexity index is 1910. The van der Waals surface area contributed by atoms with Gasteiger partial charge in [-0.25, -0.2) is 9.78 Å². The van der Waals surface area contributed by atoms with E-state index in [1.54, 1.807) is 58.3 Å². The lowest BCUT2D eigenvalue weighted by Crippen LogP contribution is -2.54. The maximum atomic E-state index is 13.5. The van der Waals surface area contributed by atoms with Crippen LogP contribution in [0.1, 0.15) is 97.5 Å². The maximum absolute atomic E-state index is 13.5. The minimum atomic E-state index is -1.16. The molecule has 364 valence electrons. The lowest BCUT2D eigenvalue weighted by Gasteiger charge is -2.30. The predicted molar refractivity (Wildman–Crippen MR) is 248 cm³/mol. The van der Waals surface area contributed by atoms with E-state index in [0.29, 0.717) is 18.5 Å². The van der Waals surface area contributed by atoms with E-state index in [9.17, 15) is 43.2 Å². The SMILES string of the molecule is CC(C)C.CC(C)C(NC(=O)CNC(=O)C(=O)CNC(=O)[C@@H]1CN(C(=O)Nc2ccccc2)C[C@@H]1NC(=O)CNC(=O)C(NC(=O)c1cnccn1)C1CCCCC1)C(=O)N(C)C.CCC. The Kier molecular flexibility index (Phi) is 24.6. The summed E-state index contributed by atoms with van der Waals surface area (Å²) >= 11 is 0. The van der Waals surface area contributed by atoms with Crippen LogP contribution in [0.5, 0.6) is 0 Å². The minimum Gasteiger partial charge on any atom is -0.349 e. The van der Waals surface area contributed by atoms with Crippen molar-refractivity contribution in [1.29, 1.82) is 0 Å². The highest BCUT2D eigenvalue weighted by atomic mass is 16.2. The molecule has 0 spiro atoms. The first-order valence-electron chi connectivity index (χ1n) is 22.6. The number of hydrogen-bond acceptors (Lipinski definition) is 11. The molecule has 0 bridgehead atoms. The number of rotatable bonds is 17. The fourth-order valence-corrected chi connectivity index (χ4v) is 6.79. The van der Waals surface area contributed by atoms with Gasteiger partial charge in [0, 0.05) is 45.3 Å². The number of hydrogen-bond donors (Lipinski definition) is 7. The first-order valence-corrected chi connectivity index (χ1v) is 22.6. The summed E-state index contributed by atoms with van der Waals surface area (Å²) in [6.45, 7) is 12.1. The lowest BCUT2D eigenvalue weighted by molar-refractivity contribution is -0.139. The maximum Gasteiger partial charge on any atom is 0.321 e. The van der Waals surface area contributed by atoms with E-state index in [1.807, 2.05) is 0 Å². The second-order valence-electron chi connectivity index (χ2n) is 17.4. The molecule has 1 aliphatic heterocycles. The van der Waals surface area contributed by atoms with Crippen molar-refractivity contribution in [3.8, 4) is 0 Å². The Morgan fingerprint density at radius 1 is 0.773 bits per heavy atom. The van der Waals surface area contributed by atoms with Gasteiger partial charge in [-0.2, -0.15) is 0 Å². The molecule has 9 amide bonds. The first-order chi connectivity index (χ1) is 31.3. The molecule has 2 heterocycles. The van der Waals surface area contributed by atoms with Gasteiger partial charge in [-0.05, 0) is 42.7 Å². The molecule has 4 atom stereocenters. The third kappa shape index (κ3) is 19.7. The number of carbonyl (C=O) groups excluding carboxylic acids is 9. The Morgan fingerprint density at radius 2 is 1.39 bits per heavy atom. The van der Waals surface area contributed by atoms with E-state index < -0.39 is 90.9 Å². The zero-order valence-corrected chi connectivity index (χ0v) is 39.9. The van der Waals surface area contributed by atoms with Crippen LogP contribution < -0.4 is 37.2 Å². The predicted octanol–water partition coefficient (Wildman–Crippen LogP) is 2.03. The average Bonchev–Trinajstić information content (AvgIpc) is 3.71. The van der Waals surface area contributed by atoms with Crippen molar-refractivity contribution >= 4 is 58.9 Å². The van der Waals surface area contributed by atoms with Gasteiger partial charge in [0.2, 0.25) is 35.3 Å². The zero-order chi connectivity index (χ0) is 49.3. The number of Topliss-reactive ketones (excluding diaryl/α,β-unsaturated/α-hetero) is 1. The number of para-hydroxylation sites is 1. The molecule has 7 N–H and O–H groups in total. The van der Waals surface area contributed by atoms with Crippen molar-refractivity contribution in [2.75, 3.05) is 52.1 Å². The third-order valence-electron chi connectivity index (χ3n) is 10.0. The number of nitrogens with one attached hydrogen (secondary N) is 7. The Morgan fingerprint density at radius 3 is 1.97 bits per heavy atom. The topological polar surface area (TPSA) is 270 Å². The highest BCUT2D eigenvalue weighted by Crippen LogP contribution is 2.27. The van der Waals surface area contributed by atoms with Crippen molar-refractivity contribution in [3.63, 3.8) is 0 Å². The van der Waals surface area contributed by atoms with Crippen LogP contribution in [0.15, 0.2) is 48.9 Å². The van der Waals surface area contributed by atoms with Gasteiger partial charge in [-0.1, -0.05) is 92.3 Å². The van der Waals surface area contributed by atoms with Crippen LogP contribution >= 0.6 is 0 Å². The number of likely N-dealkylation sites (tertiary alicyclic amines) is 1. The van der Waals surface area contributed by atoms with E-state index in [-0.39, 0.29) is 36.5 Å².